The zero-order chi connectivity index (χ0) is 64.1. The van der Waals surface area contributed by atoms with E-state index in [1.807, 2.05) is 99.3 Å². The minimum Gasteiger partial charge on any atom is -1.00 e. The lowest BCUT2D eigenvalue weighted by Gasteiger charge is -2.10. The molecule has 0 bridgehead atoms. The summed E-state index contributed by atoms with van der Waals surface area (Å²) >= 11 is 0. The van der Waals surface area contributed by atoms with Crippen LogP contribution in [-0.2, 0) is 35.8 Å². The van der Waals surface area contributed by atoms with Crippen LogP contribution in [-0.4, -0.2) is 118 Å². The number of pyridine rings is 4. The predicted molar refractivity (Wildman–Crippen MR) is 336 cm³/mol. The van der Waals surface area contributed by atoms with E-state index < -0.39 is 34.3 Å². The predicted octanol–water partition coefficient (Wildman–Crippen LogP) is -7.46. The summed E-state index contributed by atoms with van der Waals surface area (Å²) in [6.07, 6.45) is 15.5. The van der Waals surface area contributed by atoms with Gasteiger partial charge in [-0.2, -0.15) is 9.13 Å². The van der Waals surface area contributed by atoms with E-state index in [-0.39, 0.29) is 76.1 Å². The summed E-state index contributed by atoms with van der Waals surface area (Å²) in [6, 6.07) is 35.8. The first-order valence-corrected chi connectivity index (χ1v) is 28.6. The van der Waals surface area contributed by atoms with Crippen LogP contribution in [0.3, 0.4) is 0 Å². The molecule has 0 unspecified atom stereocenters. The molecule has 4 aromatic heterocycles. The summed E-state index contributed by atoms with van der Waals surface area (Å²) in [5.41, 5.74) is 8.44. The van der Waals surface area contributed by atoms with Gasteiger partial charge < -0.3 is 95.4 Å². The van der Waals surface area contributed by atoms with Crippen molar-refractivity contribution in [3.8, 4) is 22.3 Å². The maximum Gasteiger partial charge on any atom is 0.488 e. The quantitative estimate of drug-likeness (QED) is 0.0104. The Bertz CT molecular complexity index is 3840. The van der Waals surface area contributed by atoms with E-state index in [1.165, 1.54) is 12.1 Å². The Morgan fingerprint density at radius 2 is 0.780 bits per heavy atom. The zero-order valence-electron chi connectivity index (χ0n) is 50.2. The summed E-state index contributed by atoms with van der Waals surface area (Å²) in [5, 5.41) is 89.7. The van der Waals surface area contributed by atoms with E-state index in [4.69, 9.17) is 0 Å². The first-order chi connectivity index (χ1) is 42.6. The lowest BCUT2D eigenvalue weighted by Crippen LogP contribution is -3.00. The molecule has 0 saturated carbocycles. The normalized spacial score (nSPS) is 10.5. The van der Waals surface area contributed by atoms with Crippen molar-refractivity contribution in [1.29, 1.82) is 0 Å². The van der Waals surface area contributed by atoms with Crippen molar-refractivity contribution in [2.45, 2.75) is 52.9 Å². The molecule has 8 rings (SSSR count). The van der Waals surface area contributed by atoms with Gasteiger partial charge in [-0.3, -0.25) is 19.2 Å². The monoisotopic (exact) mass is 1360 g/mol. The molecule has 0 fully saturated rings. The fourth-order valence-electron chi connectivity index (χ4n) is 9.60. The molecule has 0 aliphatic heterocycles. The number of amides is 4. The van der Waals surface area contributed by atoms with Crippen molar-refractivity contribution in [2.24, 2.45) is 0 Å². The molecule has 20 nitrogen and oxygen atoms in total. The highest BCUT2D eigenvalue weighted by Crippen LogP contribution is 2.20. The van der Waals surface area contributed by atoms with Crippen LogP contribution in [0.5, 0.6) is 0 Å². The minimum absolute atomic E-state index is 0. The molecule has 4 amide bonds. The summed E-state index contributed by atoms with van der Waals surface area (Å²) in [7, 11) is -6.63. The number of aromatic nitrogens is 4. The van der Waals surface area contributed by atoms with E-state index in [2.05, 4.69) is 34.4 Å². The maximum absolute atomic E-state index is 14.1. The Morgan fingerprint density at radius 1 is 0.407 bits per heavy atom. The van der Waals surface area contributed by atoms with Crippen LogP contribution in [0.1, 0.15) is 69.7 Å². The molecule has 470 valence electrons. The van der Waals surface area contributed by atoms with Gasteiger partial charge in [-0.1, -0.05) is 92.0 Å². The van der Waals surface area contributed by atoms with Crippen molar-refractivity contribution < 1.29 is 116 Å². The third kappa shape index (κ3) is 22.0. The molecule has 8 aromatic rings. The van der Waals surface area contributed by atoms with Gasteiger partial charge in [-0.05, 0) is 84.4 Å². The molecule has 0 atom stereocenters. The number of hydrogen-bond donors (Lipinski definition) is 12. The fraction of sp³-hybridized carbons (Fsp3) is 0.188. The third-order valence-corrected chi connectivity index (χ3v) is 14.2. The molecule has 4 aromatic carbocycles. The van der Waals surface area contributed by atoms with Gasteiger partial charge in [-0.25, -0.2) is 13.5 Å². The number of nitrogens with zero attached hydrogens (tertiary/aromatic N) is 4. The number of nitrogens with one attached hydrogen (secondary N) is 4. The second kappa shape index (κ2) is 35.9. The van der Waals surface area contributed by atoms with Crippen LogP contribution in [0.25, 0.3) is 22.3 Å². The number of carbonyl (C=O) groups excluding carboxylic acids is 4. The van der Waals surface area contributed by atoms with E-state index in [0.717, 1.165) is 33.9 Å². The lowest BCUT2D eigenvalue weighted by molar-refractivity contribution is -0.689. The summed E-state index contributed by atoms with van der Waals surface area (Å²) < 4.78 is 21.4. The van der Waals surface area contributed by atoms with E-state index in [1.54, 1.807) is 91.6 Å². The second-order valence-electron chi connectivity index (χ2n) is 21.2. The number of rotatable bonds is 26. The van der Waals surface area contributed by atoms with Crippen LogP contribution < -0.4 is 95.3 Å². The Hall–Kier alpha value is -8.33. The Morgan fingerprint density at radius 3 is 1.22 bits per heavy atom. The molecule has 0 saturated heterocycles. The highest BCUT2D eigenvalue weighted by molar-refractivity contribution is 6.60. The van der Waals surface area contributed by atoms with Gasteiger partial charge in [0.15, 0.2) is 75.8 Å². The highest BCUT2D eigenvalue weighted by Gasteiger charge is 2.25. The molecular weight excluding hydrogens is 1290 g/mol. The third-order valence-electron chi connectivity index (χ3n) is 14.2. The van der Waals surface area contributed by atoms with Gasteiger partial charge in [0.1, 0.15) is 16.9 Å². The minimum atomic E-state index is -1.81. The highest BCUT2D eigenvalue weighted by atomic mass is 79.9. The second-order valence-corrected chi connectivity index (χ2v) is 21.2. The first kappa shape index (κ1) is 73.4. The molecule has 12 N–H and O–H groups in total. The van der Waals surface area contributed by atoms with Crippen LogP contribution in [0, 0.1) is 5.82 Å². The Labute approximate surface area is 549 Å². The molecule has 0 aliphatic carbocycles. The van der Waals surface area contributed by atoms with Crippen molar-refractivity contribution in [2.75, 3.05) is 26.2 Å². The van der Waals surface area contributed by atoms with Crippen LogP contribution in [0.15, 0.2) is 201 Å². The average Bonchev–Trinajstić information content (AvgIpc) is 1.09. The number of benzene rings is 4. The Balaban J connectivity index is 0.000000324. The summed E-state index contributed by atoms with van der Waals surface area (Å²) in [6.45, 7) is 13.0. The lowest BCUT2D eigenvalue weighted by atomic mass is 9.77. The molecule has 0 radical (unpaired) electrons. The topological polar surface area (TPSA) is 294 Å². The molecule has 0 spiro atoms. The zero-order valence-corrected chi connectivity index (χ0v) is 53.3. The smallest absolute Gasteiger partial charge is 0.488 e. The molecule has 0 aliphatic rings. The van der Waals surface area contributed by atoms with Gasteiger partial charge in [0.05, 0.1) is 11.1 Å². The van der Waals surface area contributed by atoms with Gasteiger partial charge in [0.25, 0.3) is 11.8 Å². The van der Waals surface area contributed by atoms with Crippen LogP contribution >= 0.6 is 0 Å². The standard InChI is InChI=1S/C32H33B2FN4O6.C32H34B2N4O6.2BrH/c1-22(2)31(40)36-12-5-13-37-32(41)27-16-25(19-39(21-27)20-26-17-28(35)8-9-30(26)34(44)45)23-10-14-38(15-11-23)18-24-6-3-4-7-29(24)33(42)43;1-23(2)31(39)35-14-8-15-36-32(40)28-17-27(21-38(22-28)20-26-10-4-6-13-30(26)34(43)44)24-11-7-16-37(18-24)19-25-9-3-5-12-29(25)33(41)42;;/h3-4,6-11,14-17,19,21,42-45H,1,5,12-13,18,20H2,2H3;3-7,9-13,16-18,21-22,41-44H,1,8,14-15,19-20H2,2H3;2*1H/p+2. The molecule has 91 heavy (non-hydrogen) atoms. The van der Waals surface area contributed by atoms with Crippen LogP contribution in [0.2, 0.25) is 0 Å². The summed E-state index contributed by atoms with van der Waals surface area (Å²) in [5.74, 6) is -1.67. The largest absolute Gasteiger partial charge is 1.00 e. The average molecular weight is 1370 g/mol. The van der Waals surface area contributed by atoms with Crippen molar-refractivity contribution in [3.63, 3.8) is 0 Å². The van der Waals surface area contributed by atoms with E-state index in [0.29, 0.717) is 107 Å². The molecule has 27 heteroatoms. The maximum atomic E-state index is 14.1. The van der Waals surface area contributed by atoms with Crippen molar-refractivity contribution >= 4 is 74.0 Å². The SMILES string of the molecule is C=C(C)C(=O)NCCCNC(=O)c1cc(-c2cc[n+](Cc3ccccc3B(O)O)cc2)c[n+](Cc2cc(F)ccc2B(O)O)c1.C=C(C)C(=O)NCCCNC(=O)c1cc(-c2ccc[n+](Cc3ccccc3B(O)O)c2)c[n+](Cc2ccccc2B(O)O)c1.[Br-].[Br-]. The van der Waals surface area contributed by atoms with Crippen molar-refractivity contribution in [1.82, 2.24) is 21.3 Å². The summed E-state index contributed by atoms with van der Waals surface area (Å²) in [4.78, 5) is 49.9. The number of halogens is 3. The van der Waals surface area contributed by atoms with Crippen LogP contribution in [0.4, 0.5) is 4.39 Å². The van der Waals surface area contributed by atoms with Gasteiger partial charge in [0.2, 0.25) is 11.8 Å². The molecule has 4 heterocycles. The van der Waals surface area contributed by atoms with Crippen molar-refractivity contribution in [3.05, 3.63) is 240 Å². The number of hydrogen-bond acceptors (Lipinski definition) is 12. The fourth-order valence-corrected chi connectivity index (χ4v) is 9.60. The number of carbonyl (C=O) groups is 4. The van der Waals surface area contributed by atoms with Gasteiger partial charge in [-0.15, -0.1) is 0 Å². The van der Waals surface area contributed by atoms with Gasteiger partial charge in [0, 0.05) is 83.3 Å². The molecular formula is C64H71B4Br2FN8O12+2. The Kier molecular flexibility index (Phi) is 29.0. The van der Waals surface area contributed by atoms with E-state index >= 15 is 0 Å². The first-order valence-electron chi connectivity index (χ1n) is 28.6. The van der Waals surface area contributed by atoms with E-state index in [9.17, 15) is 63.8 Å². The van der Waals surface area contributed by atoms with Gasteiger partial charge >= 0.3 is 28.5 Å².